The van der Waals surface area contributed by atoms with Gasteiger partial charge in [-0.05, 0) is 12.5 Å². The largest absolute Gasteiger partial charge is 0.459 e. The van der Waals surface area contributed by atoms with Gasteiger partial charge in [0, 0.05) is 25.0 Å². The predicted octanol–water partition coefficient (Wildman–Crippen LogP) is 2.42. The van der Waals surface area contributed by atoms with Gasteiger partial charge in [0.2, 0.25) is 0 Å². The quantitative estimate of drug-likeness (QED) is 0.631. The number of carbonyl (C=O) groups is 1. The van der Waals surface area contributed by atoms with Crippen LogP contribution in [0.4, 0.5) is 0 Å². The second-order valence-electron chi connectivity index (χ2n) is 5.09. The van der Waals surface area contributed by atoms with Gasteiger partial charge in [-0.15, -0.1) is 0 Å². The molecule has 0 aliphatic carbocycles. The highest BCUT2D eigenvalue weighted by Crippen LogP contribution is 2.32. The summed E-state index contributed by atoms with van der Waals surface area (Å²) >= 11 is 5.86. The minimum Gasteiger partial charge on any atom is -0.459 e. The Bertz CT molecular complexity index is 483. The van der Waals surface area contributed by atoms with E-state index in [9.17, 15) is 4.79 Å². The maximum Gasteiger partial charge on any atom is 0.303 e. The van der Waals surface area contributed by atoms with Crippen molar-refractivity contribution in [3.05, 3.63) is 23.2 Å². The van der Waals surface area contributed by atoms with E-state index in [2.05, 4.69) is 23.8 Å². The molecule has 1 fully saturated rings. The number of halogens is 1. The number of carbonyl (C=O) groups excluding carboxylic acids is 1. The van der Waals surface area contributed by atoms with Crippen LogP contribution in [0.3, 0.4) is 0 Å². The van der Waals surface area contributed by atoms with E-state index in [1.807, 2.05) is 0 Å². The van der Waals surface area contributed by atoms with Gasteiger partial charge in [0.15, 0.2) is 0 Å². The highest BCUT2D eigenvalue weighted by atomic mass is 35.5. The van der Waals surface area contributed by atoms with Gasteiger partial charge in [0.1, 0.15) is 23.7 Å². The van der Waals surface area contributed by atoms with Crippen molar-refractivity contribution < 1.29 is 14.3 Å². The fourth-order valence-electron chi connectivity index (χ4n) is 2.67. The van der Waals surface area contributed by atoms with Crippen LogP contribution in [0.25, 0.3) is 0 Å². The molecule has 1 aliphatic rings. The molecule has 0 N–H and O–H groups in total. The summed E-state index contributed by atoms with van der Waals surface area (Å²) in [6.07, 6.45) is 2.53. The van der Waals surface area contributed by atoms with Crippen LogP contribution in [0, 0.1) is 5.92 Å². The zero-order chi connectivity index (χ0) is 14.7. The van der Waals surface area contributed by atoms with Crippen LogP contribution in [-0.2, 0) is 20.7 Å². The Labute approximate surface area is 123 Å². The van der Waals surface area contributed by atoms with E-state index in [-0.39, 0.29) is 30.2 Å². The molecule has 1 saturated heterocycles. The van der Waals surface area contributed by atoms with Crippen LogP contribution >= 0.6 is 11.6 Å². The second kappa shape index (κ2) is 6.50. The Balaban J connectivity index is 2.13. The first-order valence-electron chi connectivity index (χ1n) is 6.80. The normalized spacial score (nSPS) is 29.4. The average molecular weight is 299 g/mol. The highest BCUT2D eigenvalue weighted by Gasteiger charge is 2.43. The molecule has 0 radical (unpaired) electrons. The molecule has 0 bridgehead atoms. The van der Waals surface area contributed by atoms with Crippen molar-refractivity contribution in [3.63, 3.8) is 0 Å². The summed E-state index contributed by atoms with van der Waals surface area (Å²) in [7, 11) is 0. The molecule has 0 amide bonds. The molecule has 2 rings (SSSR count). The molecule has 1 aliphatic heterocycles. The molecule has 6 heteroatoms. The van der Waals surface area contributed by atoms with Crippen LogP contribution in [0.15, 0.2) is 12.4 Å². The van der Waals surface area contributed by atoms with Gasteiger partial charge in [-0.2, -0.15) is 0 Å². The first-order valence-corrected chi connectivity index (χ1v) is 7.18. The predicted molar refractivity (Wildman–Crippen MR) is 74.4 cm³/mol. The summed E-state index contributed by atoms with van der Waals surface area (Å²) in [6.45, 7) is 5.54. The van der Waals surface area contributed by atoms with Gasteiger partial charge in [0.05, 0.1) is 6.10 Å². The summed E-state index contributed by atoms with van der Waals surface area (Å²) in [5, 5.41) is 0.400. The summed E-state index contributed by atoms with van der Waals surface area (Å²) in [6, 6.07) is 1.71. The molecular formula is C14H19ClN2O3. The van der Waals surface area contributed by atoms with Crippen LogP contribution in [0.2, 0.25) is 5.15 Å². The number of hydrogen-bond acceptors (Lipinski definition) is 5. The minimum atomic E-state index is -0.284. The zero-order valence-corrected chi connectivity index (χ0v) is 12.6. The molecular weight excluding hydrogens is 280 g/mol. The molecule has 0 saturated carbocycles. The van der Waals surface area contributed by atoms with E-state index in [4.69, 9.17) is 21.1 Å². The Hall–Kier alpha value is -1.20. The lowest BCUT2D eigenvalue weighted by Gasteiger charge is -2.20. The van der Waals surface area contributed by atoms with Gasteiger partial charge in [-0.1, -0.05) is 25.4 Å². The third-order valence-electron chi connectivity index (χ3n) is 3.63. The van der Waals surface area contributed by atoms with Crippen molar-refractivity contribution in [1.29, 1.82) is 0 Å². The Morgan fingerprint density at radius 1 is 1.45 bits per heavy atom. The van der Waals surface area contributed by atoms with Crippen LogP contribution in [0.5, 0.6) is 0 Å². The lowest BCUT2D eigenvalue weighted by molar-refractivity contribution is -0.150. The molecule has 1 aromatic heterocycles. The van der Waals surface area contributed by atoms with Crippen LogP contribution in [0.1, 0.15) is 32.9 Å². The molecule has 0 spiro atoms. The van der Waals surface area contributed by atoms with Crippen molar-refractivity contribution in [2.24, 2.45) is 5.92 Å². The SMILES string of the molecule is CCC1OC(Cc2cc(Cl)ncn2)C(OC(C)=O)C1C. The van der Waals surface area contributed by atoms with Crippen molar-refractivity contribution in [3.8, 4) is 0 Å². The van der Waals surface area contributed by atoms with Crippen molar-refractivity contribution in [2.75, 3.05) is 0 Å². The zero-order valence-electron chi connectivity index (χ0n) is 11.9. The molecule has 1 aromatic rings. The van der Waals surface area contributed by atoms with E-state index in [1.165, 1.54) is 13.3 Å². The average Bonchev–Trinajstić information content (AvgIpc) is 2.66. The van der Waals surface area contributed by atoms with E-state index >= 15 is 0 Å². The summed E-state index contributed by atoms with van der Waals surface area (Å²) < 4.78 is 11.4. The molecule has 20 heavy (non-hydrogen) atoms. The van der Waals surface area contributed by atoms with E-state index in [0.717, 1.165) is 12.1 Å². The van der Waals surface area contributed by atoms with Gasteiger partial charge < -0.3 is 9.47 Å². The summed E-state index contributed by atoms with van der Waals surface area (Å²) in [4.78, 5) is 19.3. The van der Waals surface area contributed by atoms with Crippen molar-refractivity contribution in [1.82, 2.24) is 9.97 Å². The highest BCUT2D eigenvalue weighted by molar-refractivity contribution is 6.29. The van der Waals surface area contributed by atoms with Gasteiger partial charge in [-0.3, -0.25) is 4.79 Å². The molecule has 2 heterocycles. The first kappa shape index (κ1) is 15.2. The molecule has 4 unspecified atom stereocenters. The van der Waals surface area contributed by atoms with Crippen LogP contribution in [-0.4, -0.2) is 34.2 Å². The fourth-order valence-corrected chi connectivity index (χ4v) is 2.84. The van der Waals surface area contributed by atoms with Crippen molar-refractivity contribution >= 4 is 17.6 Å². The molecule has 110 valence electrons. The monoisotopic (exact) mass is 298 g/mol. The molecule has 0 aromatic carbocycles. The van der Waals surface area contributed by atoms with Crippen molar-refractivity contribution in [2.45, 2.75) is 51.9 Å². The smallest absolute Gasteiger partial charge is 0.303 e. The Morgan fingerprint density at radius 2 is 2.20 bits per heavy atom. The number of esters is 1. The topological polar surface area (TPSA) is 61.3 Å². The number of rotatable bonds is 4. The summed E-state index contributed by atoms with van der Waals surface area (Å²) in [5.41, 5.74) is 0.788. The fraction of sp³-hybridized carbons (Fsp3) is 0.643. The minimum absolute atomic E-state index is 0.0988. The Kier molecular flexibility index (Phi) is 4.94. The number of nitrogens with zero attached hydrogens (tertiary/aromatic N) is 2. The van der Waals surface area contributed by atoms with E-state index in [0.29, 0.717) is 11.6 Å². The maximum atomic E-state index is 11.3. The third kappa shape index (κ3) is 3.46. The maximum absolute atomic E-state index is 11.3. The number of hydrogen-bond donors (Lipinski definition) is 0. The first-order chi connectivity index (χ1) is 9.51. The second-order valence-corrected chi connectivity index (χ2v) is 5.48. The lowest BCUT2D eigenvalue weighted by atomic mass is 9.95. The Morgan fingerprint density at radius 3 is 2.80 bits per heavy atom. The molecule has 4 atom stereocenters. The third-order valence-corrected chi connectivity index (χ3v) is 3.83. The van der Waals surface area contributed by atoms with Crippen LogP contribution < -0.4 is 0 Å². The van der Waals surface area contributed by atoms with E-state index in [1.54, 1.807) is 6.07 Å². The standard InChI is InChI=1S/C14H19ClN2O3/c1-4-11-8(2)14(19-9(3)18)12(20-11)5-10-6-13(15)17-7-16-10/h6-8,11-12,14H,4-5H2,1-3H3. The van der Waals surface area contributed by atoms with E-state index < -0.39 is 0 Å². The number of aromatic nitrogens is 2. The molecule has 5 nitrogen and oxygen atoms in total. The lowest BCUT2D eigenvalue weighted by Crippen LogP contribution is -2.32. The number of ether oxygens (including phenoxy) is 2. The van der Waals surface area contributed by atoms with Gasteiger partial charge in [0.25, 0.3) is 0 Å². The summed E-state index contributed by atoms with van der Waals surface area (Å²) in [5.74, 6) is -0.112. The van der Waals surface area contributed by atoms with Gasteiger partial charge >= 0.3 is 5.97 Å². The van der Waals surface area contributed by atoms with Gasteiger partial charge in [-0.25, -0.2) is 9.97 Å².